The summed E-state index contributed by atoms with van der Waals surface area (Å²) >= 11 is 0. The summed E-state index contributed by atoms with van der Waals surface area (Å²) in [5, 5.41) is 11.6. The second-order valence-electron chi connectivity index (χ2n) is 4.91. The van der Waals surface area contributed by atoms with Crippen molar-refractivity contribution in [3.63, 3.8) is 0 Å². The number of piperazine rings is 1. The third-order valence-corrected chi connectivity index (χ3v) is 3.49. The van der Waals surface area contributed by atoms with Crippen LogP contribution in [0.1, 0.15) is 10.5 Å². The number of pyridine rings is 1. The number of carboxylic acid groups (broad SMARTS) is 1. The van der Waals surface area contributed by atoms with Crippen LogP contribution < -0.4 is 10.2 Å². The van der Waals surface area contributed by atoms with E-state index in [2.05, 4.69) is 15.2 Å². The Bertz CT molecular complexity index is 512. The maximum atomic E-state index is 11.8. The Labute approximate surface area is 128 Å². The predicted octanol–water partition coefficient (Wildman–Crippen LogP) is 0.258. The van der Waals surface area contributed by atoms with Gasteiger partial charge < -0.3 is 25.0 Å². The summed E-state index contributed by atoms with van der Waals surface area (Å²) in [7, 11) is 1.57. The van der Waals surface area contributed by atoms with Gasteiger partial charge in [-0.25, -0.2) is 9.78 Å². The maximum absolute atomic E-state index is 11.8. The fourth-order valence-corrected chi connectivity index (χ4v) is 2.22. The predicted molar refractivity (Wildman–Crippen MR) is 80.3 cm³/mol. The van der Waals surface area contributed by atoms with Crippen molar-refractivity contribution in [2.45, 2.75) is 0 Å². The average molecular weight is 308 g/mol. The average Bonchev–Trinajstić information content (AvgIpc) is 2.55. The summed E-state index contributed by atoms with van der Waals surface area (Å²) in [5.41, 5.74) is 1.24. The monoisotopic (exact) mass is 308 g/mol. The van der Waals surface area contributed by atoms with Gasteiger partial charge in [-0.1, -0.05) is 0 Å². The third kappa shape index (κ3) is 4.08. The van der Waals surface area contributed by atoms with Crippen molar-refractivity contribution < 1.29 is 19.4 Å². The minimum absolute atomic E-state index is 0.237. The Morgan fingerprint density at radius 2 is 2.05 bits per heavy atom. The van der Waals surface area contributed by atoms with Gasteiger partial charge in [-0.15, -0.1) is 0 Å². The highest BCUT2D eigenvalue weighted by atomic mass is 16.5. The number of hydrogen-bond acceptors (Lipinski definition) is 5. The Morgan fingerprint density at radius 3 is 2.59 bits per heavy atom. The number of nitrogens with zero attached hydrogens (tertiary/aromatic N) is 3. The van der Waals surface area contributed by atoms with E-state index < -0.39 is 6.09 Å². The van der Waals surface area contributed by atoms with E-state index in [9.17, 15) is 9.59 Å². The number of carbonyl (C=O) groups is 2. The molecule has 1 aliphatic rings. The van der Waals surface area contributed by atoms with Gasteiger partial charge in [0.1, 0.15) is 5.69 Å². The van der Waals surface area contributed by atoms with Crippen LogP contribution in [0.15, 0.2) is 18.3 Å². The van der Waals surface area contributed by atoms with Gasteiger partial charge in [0.2, 0.25) is 0 Å². The molecule has 0 bridgehead atoms. The molecule has 0 spiro atoms. The van der Waals surface area contributed by atoms with Crippen molar-refractivity contribution in [1.29, 1.82) is 0 Å². The zero-order valence-electron chi connectivity index (χ0n) is 12.5. The van der Waals surface area contributed by atoms with Crippen molar-refractivity contribution in [2.75, 3.05) is 51.3 Å². The normalized spacial score (nSPS) is 14.8. The molecule has 1 fully saturated rings. The van der Waals surface area contributed by atoms with Gasteiger partial charge >= 0.3 is 6.09 Å². The lowest BCUT2D eigenvalue weighted by Crippen LogP contribution is -2.48. The molecule has 2 amide bonds. The van der Waals surface area contributed by atoms with Crippen LogP contribution in [0.25, 0.3) is 0 Å². The lowest BCUT2D eigenvalue weighted by Gasteiger charge is -2.34. The van der Waals surface area contributed by atoms with Gasteiger partial charge in [0, 0.05) is 39.8 Å². The minimum Gasteiger partial charge on any atom is -0.465 e. The molecule has 0 aliphatic carbocycles. The van der Waals surface area contributed by atoms with Gasteiger partial charge in [0.15, 0.2) is 0 Å². The van der Waals surface area contributed by atoms with E-state index in [1.165, 1.54) is 4.90 Å². The highest BCUT2D eigenvalue weighted by molar-refractivity contribution is 5.92. The molecule has 0 radical (unpaired) electrons. The SMILES string of the molecule is COCCNC(=O)c1ccc(N2CCN(C(=O)O)CC2)cn1. The minimum atomic E-state index is -0.888. The standard InChI is InChI=1S/C14H20N4O4/c1-22-9-4-15-13(19)12-3-2-11(10-16-12)17-5-7-18(8-6-17)14(20)21/h2-3,10H,4-9H2,1H3,(H,15,19)(H,20,21). The molecule has 2 rings (SSSR count). The molecule has 0 aromatic carbocycles. The summed E-state index contributed by atoms with van der Waals surface area (Å²) in [4.78, 5) is 30.3. The van der Waals surface area contributed by atoms with E-state index in [-0.39, 0.29) is 5.91 Å². The van der Waals surface area contributed by atoms with Crippen molar-refractivity contribution in [3.8, 4) is 0 Å². The summed E-state index contributed by atoms with van der Waals surface area (Å²) < 4.78 is 4.86. The fraction of sp³-hybridized carbons (Fsp3) is 0.500. The Balaban J connectivity index is 1.89. The van der Waals surface area contributed by atoms with Crippen LogP contribution in [-0.4, -0.2) is 73.4 Å². The van der Waals surface area contributed by atoms with Crippen LogP contribution in [0, 0.1) is 0 Å². The summed E-state index contributed by atoms with van der Waals surface area (Å²) in [6.07, 6.45) is 0.752. The number of hydrogen-bond donors (Lipinski definition) is 2. The second-order valence-corrected chi connectivity index (χ2v) is 4.91. The summed E-state index contributed by atoms with van der Waals surface area (Å²) in [6.45, 7) is 3.07. The fourth-order valence-electron chi connectivity index (χ4n) is 2.22. The van der Waals surface area contributed by atoms with E-state index in [1.54, 1.807) is 19.4 Å². The number of rotatable bonds is 5. The van der Waals surface area contributed by atoms with Crippen molar-refractivity contribution >= 4 is 17.7 Å². The first-order chi connectivity index (χ1) is 10.6. The van der Waals surface area contributed by atoms with Gasteiger partial charge in [-0.3, -0.25) is 4.79 Å². The molecule has 1 saturated heterocycles. The van der Waals surface area contributed by atoms with Crippen LogP contribution in [0.4, 0.5) is 10.5 Å². The Morgan fingerprint density at radius 1 is 1.32 bits per heavy atom. The van der Waals surface area contributed by atoms with Crippen LogP contribution in [0.5, 0.6) is 0 Å². The van der Waals surface area contributed by atoms with Crippen molar-refractivity contribution in [3.05, 3.63) is 24.0 Å². The van der Waals surface area contributed by atoms with Gasteiger partial charge in [-0.05, 0) is 12.1 Å². The number of ether oxygens (including phenoxy) is 1. The Hall–Kier alpha value is -2.35. The molecule has 2 heterocycles. The van der Waals surface area contributed by atoms with Crippen molar-refractivity contribution in [1.82, 2.24) is 15.2 Å². The van der Waals surface area contributed by atoms with Crippen LogP contribution in [0.2, 0.25) is 0 Å². The molecule has 120 valence electrons. The first kappa shape index (κ1) is 16.0. The number of nitrogens with one attached hydrogen (secondary N) is 1. The molecule has 0 atom stereocenters. The molecule has 1 aromatic rings. The molecule has 1 aromatic heterocycles. The number of aromatic nitrogens is 1. The molecule has 2 N–H and O–H groups in total. The molecular formula is C14H20N4O4. The third-order valence-electron chi connectivity index (χ3n) is 3.49. The van der Waals surface area contributed by atoms with Crippen LogP contribution in [-0.2, 0) is 4.74 Å². The van der Waals surface area contributed by atoms with Crippen LogP contribution in [0.3, 0.4) is 0 Å². The molecule has 0 saturated carbocycles. The van der Waals surface area contributed by atoms with Gasteiger partial charge in [-0.2, -0.15) is 0 Å². The topological polar surface area (TPSA) is 95.0 Å². The second kappa shape index (κ2) is 7.60. The summed E-state index contributed by atoms with van der Waals surface area (Å²) in [5.74, 6) is -0.237. The lowest BCUT2D eigenvalue weighted by molar-refractivity contribution is 0.0932. The van der Waals surface area contributed by atoms with Crippen molar-refractivity contribution in [2.24, 2.45) is 0 Å². The largest absolute Gasteiger partial charge is 0.465 e. The van der Waals surface area contributed by atoms with Crippen LogP contribution >= 0.6 is 0 Å². The molecule has 1 aliphatic heterocycles. The van der Waals surface area contributed by atoms with E-state index in [0.29, 0.717) is 45.0 Å². The van der Waals surface area contributed by atoms with Gasteiger partial charge in [0.25, 0.3) is 5.91 Å². The number of methoxy groups -OCH3 is 1. The first-order valence-electron chi connectivity index (χ1n) is 7.08. The Kier molecular flexibility index (Phi) is 5.54. The molecular weight excluding hydrogens is 288 g/mol. The number of anilines is 1. The lowest BCUT2D eigenvalue weighted by atomic mass is 10.2. The van der Waals surface area contributed by atoms with E-state index in [0.717, 1.165) is 5.69 Å². The quantitative estimate of drug-likeness (QED) is 0.758. The zero-order chi connectivity index (χ0) is 15.9. The first-order valence-corrected chi connectivity index (χ1v) is 7.08. The molecule has 8 nitrogen and oxygen atoms in total. The molecule has 8 heteroatoms. The number of carbonyl (C=O) groups excluding carboxylic acids is 1. The highest BCUT2D eigenvalue weighted by Crippen LogP contribution is 2.15. The number of amides is 2. The van der Waals surface area contributed by atoms with E-state index in [4.69, 9.17) is 9.84 Å². The van der Waals surface area contributed by atoms with E-state index >= 15 is 0 Å². The smallest absolute Gasteiger partial charge is 0.407 e. The highest BCUT2D eigenvalue weighted by Gasteiger charge is 2.20. The molecule has 0 unspecified atom stereocenters. The zero-order valence-corrected chi connectivity index (χ0v) is 12.5. The van der Waals surface area contributed by atoms with E-state index in [1.807, 2.05) is 6.07 Å². The molecule has 22 heavy (non-hydrogen) atoms. The maximum Gasteiger partial charge on any atom is 0.407 e. The summed E-state index contributed by atoms with van der Waals surface area (Å²) in [6, 6.07) is 3.50. The van der Waals surface area contributed by atoms with Gasteiger partial charge in [0.05, 0.1) is 18.5 Å².